The molecular formula is C21H33N3O. The van der Waals surface area contributed by atoms with Gasteiger partial charge < -0.3 is 15.5 Å². The second-order valence-electron chi connectivity index (χ2n) is 8.04. The molecule has 0 aliphatic carbocycles. The predicted octanol–water partition coefficient (Wildman–Crippen LogP) is 2.98. The van der Waals surface area contributed by atoms with Gasteiger partial charge in [0, 0.05) is 19.6 Å². The number of likely N-dealkylation sites (tertiary alicyclic amines) is 2. The lowest BCUT2D eigenvalue weighted by Crippen LogP contribution is -2.54. The van der Waals surface area contributed by atoms with Gasteiger partial charge >= 0.3 is 0 Å². The average molecular weight is 344 g/mol. The molecule has 2 saturated heterocycles. The van der Waals surface area contributed by atoms with Gasteiger partial charge in [0.1, 0.15) is 5.54 Å². The van der Waals surface area contributed by atoms with Crippen LogP contribution in [0.5, 0.6) is 0 Å². The lowest BCUT2D eigenvalue weighted by molar-refractivity contribution is -0.138. The van der Waals surface area contributed by atoms with Gasteiger partial charge in [0.15, 0.2) is 0 Å². The van der Waals surface area contributed by atoms with E-state index in [1.165, 1.54) is 45.2 Å². The number of benzene rings is 1. The summed E-state index contributed by atoms with van der Waals surface area (Å²) in [4.78, 5) is 17.7. The first-order chi connectivity index (χ1) is 12.1. The smallest absolute Gasteiger partial charge is 0.246 e. The van der Waals surface area contributed by atoms with Crippen molar-refractivity contribution >= 4 is 5.91 Å². The van der Waals surface area contributed by atoms with E-state index in [4.69, 9.17) is 5.73 Å². The Kier molecular flexibility index (Phi) is 6.13. The maximum absolute atomic E-state index is 13.1. The average Bonchev–Trinajstić information content (AvgIpc) is 2.91. The SMILES string of the molecule is CC(N)(C(=O)N1CCCC(CN2CCCCCC2)C1)c1ccccc1. The quantitative estimate of drug-likeness (QED) is 0.914. The number of carbonyl (C=O) groups excluding carboxylic acids is 1. The lowest BCUT2D eigenvalue weighted by Gasteiger charge is -2.39. The molecule has 1 aromatic carbocycles. The van der Waals surface area contributed by atoms with Crippen molar-refractivity contribution in [1.82, 2.24) is 9.80 Å². The van der Waals surface area contributed by atoms with Gasteiger partial charge in [-0.1, -0.05) is 43.2 Å². The fourth-order valence-electron chi connectivity index (χ4n) is 4.32. The normalized spacial score (nSPS) is 25.2. The van der Waals surface area contributed by atoms with Crippen molar-refractivity contribution in [1.29, 1.82) is 0 Å². The third-order valence-corrected chi connectivity index (χ3v) is 5.84. The van der Waals surface area contributed by atoms with Crippen LogP contribution >= 0.6 is 0 Å². The molecule has 2 N–H and O–H groups in total. The van der Waals surface area contributed by atoms with Crippen LogP contribution in [0.1, 0.15) is 51.0 Å². The summed E-state index contributed by atoms with van der Waals surface area (Å²) >= 11 is 0. The van der Waals surface area contributed by atoms with E-state index in [9.17, 15) is 4.79 Å². The van der Waals surface area contributed by atoms with Crippen molar-refractivity contribution in [3.05, 3.63) is 35.9 Å². The molecule has 0 saturated carbocycles. The minimum absolute atomic E-state index is 0.0688. The largest absolute Gasteiger partial charge is 0.340 e. The highest BCUT2D eigenvalue weighted by molar-refractivity contribution is 5.87. The van der Waals surface area contributed by atoms with E-state index in [2.05, 4.69) is 4.90 Å². The Bertz CT molecular complexity index is 550. The molecule has 138 valence electrons. The number of piperidine rings is 1. The van der Waals surface area contributed by atoms with E-state index in [-0.39, 0.29) is 5.91 Å². The molecule has 2 unspecified atom stereocenters. The molecule has 4 heteroatoms. The van der Waals surface area contributed by atoms with Crippen LogP contribution < -0.4 is 5.73 Å². The molecule has 2 fully saturated rings. The van der Waals surface area contributed by atoms with Crippen LogP contribution in [0.2, 0.25) is 0 Å². The molecule has 3 rings (SSSR count). The summed E-state index contributed by atoms with van der Waals surface area (Å²) in [7, 11) is 0. The molecular weight excluding hydrogens is 310 g/mol. The first-order valence-corrected chi connectivity index (χ1v) is 9.93. The van der Waals surface area contributed by atoms with Crippen LogP contribution in [0, 0.1) is 5.92 Å². The van der Waals surface area contributed by atoms with Crippen LogP contribution in [0.3, 0.4) is 0 Å². The molecule has 2 atom stereocenters. The highest BCUT2D eigenvalue weighted by Gasteiger charge is 2.36. The summed E-state index contributed by atoms with van der Waals surface area (Å²) in [6.07, 6.45) is 7.71. The summed E-state index contributed by atoms with van der Waals surface area (Å²) in [6, 6.07) is 9.77. The van der Waals surface area contributed by atoms with Crippen LogP contribution in [0.15, 0.2) is 30.3 Å². The molecule has 2 aliphatic rings. The number of hydrogen-bond donors (Lipinski definition) is 1. The number of carbonyl (C=O) groups is 1. The van der Waals surface area contributed by atoms with E-state index >= 15 is 0 Å². The van der Waals surface area contributed by atoms with Crippen molar-refractivity contribution in [2.45, 2.75) is 51.0 Å². The number of hydrogen-bond acceptors (Lipinski definition) is 3. The number of nitrogens with zero attached hydrogens (tertiary/aromatic N) is 2. The Balaban J connectivity index is 1.61. The maximum Gasteiger partial charge on any atom is 0.246 e. The summed E-state index contributed by atoms with van der Waals surface area (Å²) in [5.74, 6) is 0.654. The van der Waals surface area contributed by atoms with Crippen molar-refractivity contribution in [3.63, 3.8) is 0 Å². The summed E-state index contributed by atoms with van der Waals surface area (Å²) in [5.41, 5.74) is 6.42. The first kappa shape index (κ1) is 18.4. The minimum atomic E-state index is -0.939. The molecule has 0 aromatic heterocycles. The number of nitrogens with two attached hydrogens (primary N) is 1. The van der Waals surface area contributed by atoms with Crippen LogP contribution in [0.4, 0.5) is 0 Å². The van der Waals surface area contributed by atoms with Gasteiger partial charge in [0.05, 0.1) is 0 Å². The maximum atomic E-state index is 13.1. The highest BCUT2D eigenvalue weighted by atomic mass is 16.2. The molecule has 25 heavy (non-hydrogen) atoms. The third-order valence-electron chi connectivity index (χ3n) is 5.84. The van der Waals surface area contributed by atoms with E-state index in [0.29, 0.717) is 5.92 Å². The minimum Gasteiger partial charge on any atom is -0.340 e. The molecule has 1 aromatic rings. The first-order valence-electron chi connectivity index (χ1n) is 9.93. The number of rotatable bonds is 4. The monoisotopic (exact) mass is 343 g/mol. The van der Waals surface area contributed by atoms with Gasteiger partial charge in [-0.15, -0.1) is 0 Å². The van der Waals surface area contributed by atoms with Crippen LogP contribution in [-0.2, 0) is 10.3 Å². The third kappa shape index (κ3) is 4.62. The zero-order valence-corrected chi connectivity index (χ0v) is 15.6. The van der Waals surface area contributed by atoms with E-state index < -0.39 is 5.54 Å². The second kappa shape index (κ2) is 8.33. The zero-order valence-electron chi connectivity index (χ0n) is 15.6. The molecule has 1 amide bonds. The molecule has 0 spiro atoms. The predicted molar refractivity (Wildman–Crippen MR) is 102 cm³/mol. The summed E-state index contributed by atoms with van der Waals surface area (Å²) in [5, 5.41) is 0. The molecule has 2 heterocycles. The van der Waals surface area contributed by atoms with Crippen LogP contribution in [0.25, 0.3) is 0 Å². The second-order valence-corrected chi connectivity index (χ2v) is 8.04. The van der Waals surface area contributed by atoms with Crippen molar-refractivity contribution in [2.24, 2.45) is 11.7 Å². The number of amides is 1. The topological polar surface area (TPSA) is 49.6 Å². The standard InChI is InChI=1S/C21H33N3O/c1-21(22,19-11-5-4-6-12-19)20(25)24-15-9-10-18(17-24)16-23-13-7-2-3-8-14-23/h4-6,11-12,18H,2-3,7-10,13-17,22H2,1H3. The van der Waals surface area contributed by atoms with Gasteiger partial charge in [-0.05, 0) is 57.2 Å². The highest BCUT2D eigenvalue weighted by Crippen LogP contribution is 2.25. The van der Waals surface area contributed by atoms with E-state index in [1.807, 2.05) is 42.2 Å². The fourth-order valence-corrected chi connectivity index (χ4v) is 4.32. The Hall–Kier alpha value is -1.39. The zero-order chi connectivity index (χ0) is 17.7. The van der Waals surface area contributed by atoms with E-state index in [1.54, 1.807) is 0 Å². The van der Waals surface area contributed by atoms with E-state index in [0.717, 1.165) is 31.6 Å². The van der Waals surface area contributed by atoms with Crippen molar-refractivity contribution in [2.75, 3.05) is 32.7 Å². The summed E-state index contributed by atoms with van der Waals surface area (Å²) in [6.45, 7) is 7.13. The molecule has 0 bridgehead atoms. The van der Waals surface area contributed by atoms with Gasteiger partial charge in [0.2, 0.25) is 5.91 Å². The summed E-state index contributed by atoms with van der Waals surface area (Å²) < 4.78 is 0. The fraction of sp³-hybridized carbons (Fsp3) is 0.667. The van der Waals surface area contributed by atoms with Gasteiger partial charge in [-0.3, -0.25) is 4.79 Å². The lowest BCUT2D eigenvalue weighted by atomic mass is 9.89. The van der Waals surface area contributed by atoms with Gasteiger partial charge in [0.25, 0.3) is 0 Å². The van der Waals surface area contributed by atoms with Crippen LogP contribution in [-0.4, -0.2) is 48.4 Å². The van der Waals surface area contributed by atoms with Gasteiger partial charge in [-0.2, -0.15) is 0 Å². The Morgan fingerprint density at radius 2 is 1.76 bits per heavy atom. The molecule has 2 aliphatic heterocycles. The Morgan fingerprint density at radius 1 is 1.08 bits per heavy atom. The van der Waals surface area contributed by atoms with Crippen molar-refractivity contribution in [3.8, 4) is 0 Å². The molecule has 4 nitrogen and oxygen atoms in total. The van der Waals surface area contributed by atoms with Gasteiger partial charge in [-0.25, -0.2) is 0 Å². The molecule has 0 radical (unpaired) electrons. The van der Waals surface area contributed by atoms with Crippen molar-refractivity contribution < 1.29 is 4.79 Å². The Morgan fingerprint density at radius 3 is 2.44 bits per heavy atom. The Labute approximate surface area is 152 Å².